The van der Waals surface area contributed by atoms with E-state index < -0.39 is 0 Å². The van der Waals surface area contributed by atoms with Crippen molar-refractivity contribution in [3.63, 3.8) is 0 Å². The van der Waals surface area contributed by atoms with Crippen LogP contribution in [0.5, 0.6) is 0 Å². The molecule has 120 valence electrons. The normalized spacial score (nSPS) is 35.8. The summed E-state index contributed by atoms with van der Waals surface area (Å²) in [5, 5.41) is 7.87. The van der Waals surface area contributed by atoms with Gasteiger partial charge in [0.05, 0.1) is 9.26 Å². The van der Waals surface area contributed by atoms with Gasteiger partial charge in [0, 0.05) is 24.7 Å². The fourth-order valence-electron chi connectivity index (χ4n) is 5.45. The minimum atomic E-state index is 0.139. The third kappa shape index (κ3) is 2.81. The maximum atomic E-state index is 12.4. The smallest absolute Gasteiger partial charge is 0.222 e. The molecule has 4 saturated carbocycles. The highest BCUT2D eigenvalue weighted by molar-refractivity contribution is 14.1. The van der Waals surface area contributed by atoms with E-state index in [0.29, 0.717) is 13.0 Å². The summed E-state index contributed by atoms with van der Waals surface area (Å²) < 4.78 is 3.07. The van der Waals surface area contributed by atoms with Crippen LogP contribution < -0.4 is 5.32 Å². The van der Waals surface area contributed by atoms with Crippen LogP contribution in [0.15, 0.2) is 6.20 Å². The van der Waals surface area contributed by atoms with E-state index in [-0.39, 0.29) is 11.4 Å². The van der Waals surface area contributed by atoms with E-state index in [1.807, 2.05) is 17.8 Å². The van der Waals surface area contributed by atoms with Crippen molar-refractivity contribution in [1.29, 1.82) is 0 Å². The van der Waals surface area contributed by atoms with Crippen LogP contribution in [-0.2, 0) is 11.3 Å². The molecule has 4 nitrogen and oxygen atoms in total. The van der Waals surface area contributed by atoms with Crippen LogP contribution >= 0.6 is 22.6 Å². The SMILES string of the molecule is Cc1nn(CCC(=O)NC23CC4CC(CC(C4)C2)C3)cc1I. The molecule has 0 atom stereocenters. The van der Waals surface area contributed by atoms with Gasteiger partial charge in [-0.1, -0.05) is 0 Å². The van der Waals surface area contributed by atoms with Crippen LogP contribution in [0.25, 0.3) is 0 Å². The van der Waals surface area contributed by atoms with E-state index in [1.165, 1.54) is 42.1 Å². The summed E-state index contributed by atoms with van der Waals surface area (Å²) in [6, 6.07) is 0. The number of nitrogens with one attached hydrogen (secondary N) is 1. The second-order valence-corrected chi connectivity index (χ2v) is 8.98. The number of hydrogen-bond donors (Lipinski definition) is 1. The van der Waals surface area contributed by atoms with Gasteiger partial charge in [-0.2, -0.15) is 5.10 Å². The summed E-state index contributed by atoms with van der Waals surface area (Å²) in [5.41, 5.74) is 1.18. The van der Waals surface area contributed by atoms with Gasteiger partial charge in [0.25, 0.3) is 0 Å². The highest BCUT2D eigenvalue weighted by Gasteiger charge is 2.51. The lowest BCUT2D eigenvalue weighted by molar-refractivity contribution is -0.127. The van der Waals surface area contributed by atoms with Crippen LogP contribution in [0.1, 0.15) is 50.6 Å². The Balaban J connectivity index is 1.36. The van der Waals surface area contributed by atoms with Gasteiger partial charge >= 0.3 is 0 Å². The molecule has 5 rings (SSSR count). The fourth-order valence-corrected chi connectivity index (χ4v) is 5.88. The third-order valence-electron chi connectivity index (χ3n) is 5.90. The lowest BCUT2D eigenvalue weighted by atomic mass is 9.53. The van der Waals surface area contributed by atoms with Crippen LogP contribution in [0.2, 0.25) is 0 Å². The molecular formula is C17H24IN3O. The largest absolute Gasteiger partial charge is 0.351 e. The lowest BCUT2D eigenvalue weighted by Crippen LogP contribution is -2.59. The number of hydrogen-bond acceptors (Lipinski definition) is 2. The second-order valence-electron chi connectivity index (χ2n) is 7.82. The van der Waals surface area contributed by atoms with Crippen molar-refractivity contribution in [2.45, 2.75) is 64.0 Å². The maximum absolute atomic E-state index is 12.4. The van der Waals surface area contributed by atoms with Crippen molar-refractivity contribution in [3.8, 4) is 0 Å². The molecule has 0 radical (unpaired) electrons. The first-order chi connectivity index (χ1) is 10.5. The number of halogens is 1. The topological polar surface area (TPSA) is 46.9 Å². The van der Waals surface area contributed by atoms with E-state index in [9.17, 15) is 4.79 Å². The van der Waals surface area contributed by atoms with Crippen LogP contribution in [0.3, 0.4) is 0 Å². The van der Waals surface area contributed by atoms with Gasteiger partial charge in [-0.15, -0.1) is 0 Å². The molecular weight excluding hydrogens is 389 g/mol. The Kier molecular flexibility index (Phi) is 3.74. The van der Waals surface area contributed by atoms with Crippen LogP contribution in [-0.4, -0.2) is 21.2 Å². The van der Waals surface area contributed by atoms with Crippen LogP contribution in [0, 0.1) is 28.2 Å². The Labute approximate surface area is 145 Å². The van der Waals surface area contributed by atoms with Crippen molar-refractivity contribution < 1.29 is 4.79 Å². The van der Waals surface area contributed by atoms with Crippen molar-refractivity contribution in [1.82, 2.24) is 15.1 Å². The van der Waals surface area contributed by atoms with E-state index in [4.69, 9.17) is 0 Å². The Bertz CT molecular complexity index is 540. The summed E-state index contributed by atoms with van der Waals surface area (Å²) in [4.78, 5) is 12.4. The van der Waals surface area contributed by atoms with Gasteiger partial charge in [0.15, 0.2) is 0 Å². The molecule has 4 aliphatic carbocycles. The summed E-state index contributed by atoms with van der Waals surface area (Å²) in [6.07, 6.45) is 10.5. The van der Waals surface area contributed by atoms with E-state index in [2.05, 4.69) is 33.0 Å². The standard InChI is InChI=1S/C17H24IN3O/c1-11-15(18)10-21(20-11)3-2-16(22)19-17-7-12-4-13(8-17)6-14(5-12)9-17/h10,12-14H,2-9H2,1H3,(H,19,22). The first-order valence-corrected chi connectivity index (χ1v) is 9.60. The number of aryl methyl sites for hydroxylation is 2. The molecule has 4 fully saturated rings. The molecule has 1 aromatic rings. The number of rotatable bonds is 4. The molecule has 1 heterocycles. The minimum Gasteiger partial charge on any atom is -0.351 e. The summed E-state index contributed by atoms with van der Waals surface area (Å²) >= 11 is 2.29. The quantitative estimate of drug-likeness (QED) is 0.771. The van der Waals surface area contributed by atoms with E-state index in [0.717, 1.165) is 23.4 Å². The molecule has 0 unspecified atom stereocenters. The van der Waals surface area contributed by atoms with Gasteiger partial charge in [-0.3, -0.25) is 9.48 Å². The zero-order valence-electron chi connectivity index (χ0n) is 13.1. The zero-order valence-corrected chi connectivity index (χ0v) is 15.3. The molecule has 0 saturated heterocycles. The summed E-state index contributed by atoms with van der Waals surface area (Å²) in [6.45, 7) is 2.69. The van der Waals surface area contributed by atoms with Gasteiger partial charge in [0.2, 0.25) is 5.91 Å². The number of nitrogens with zero attached hydrogens (tertiary/aromatic N) is 2. The Morgan fingerprint density at radius 3 is 2.41 bits per heavy atom. The van der Waals surface area contributed by atoms with Gasteiger partial charge < -0.3 is 5.32 Å². The average molecular weight is 413 g/mol. The number of amides is 1. The number of aromatic nitrogens is 2. The predicted octanol–water partition coefficient (Wildman–Crippen LogP) is 3.27. The molecule has 22 heavy (non-hydrogen) atoms. The highest BCUT2D eigenvalue weighted by atomic mass is 127. The molecule has 1 aromatic heterocycles. The van der Waals surface area contributed by atoms with Crippen molar-refractivity contribution in [2.75, 3.05) is 0 Å². The monoisotopic (exact) mass is 413 g/mol. The van der Waals surface area contributed by atoms with Crippen molar-refractivity contribution in [2.24, 2.45) is 17.8 Å². The molecule has 4 bridgehead atoms. The molecule has 4 aliphatic rings. The summed E-state index contributed by atoms with van der Waals surface area (Å²) in [7, 11) is 0. The minimum absolute atomic E-state index is 0.139. The van der Waals surface area contributed by atoms with E-state index in [1.54, 1.807) is 0 Å². The van der Waals surface area contributed by atoms with E-state index >= 15 is 0 Å². The molecule has 1 N–H and O–H groups in total. The molecule has 0 aliphatic heterocycles. The van der Waals surface area contributed by atoms with Crippen molar-refractivity contribution >= 4 is 28.5 Å². The Morgan fingerprint density at radius 1 is 1.32 bits per heavy atom. The van der Waals surface area contributed by atoms with Crippen LogP contribution in [0.4, 0.5) is 0 Å². The van der Waals surface area contributed by atoms with Gasteiger partial charge in [-0.25, -0.2) is 0 Å². The molecule has 0 spiro atoms. The highest BCUT2D eigenvalue weighted by Crippen LogP contribution is 2.55. The van der Waals surface area contributed by atoms with Crippen molar-refractivity contribution in [3.05, 3.63) is 15.5 Å². The Morgan fingerprint density at radius 2 is 1.91 bits per heavy atom. The fraction of sp³-hybridized carbons (Fsp3) is 0.765. The zero-order chi connectivity index (χ0) is 15.3. The second kappa shape index (κ2) is 5.49. The maximum Gasteiger partial charge on any atom is 0.222 e. The predicted molar refractivity (Wildman–Crippen MR) is 93.3 cm³/mol. The molecule has 1 amide bonds. The average Bonchev–Trinajstić information content (AvgIpc) is 2.73. The number of carbonyl (C=O) groups excluding carboxylic acids is 1. The van der Waals surface area contributed by atoms with Gasteiger partial charge in [-0.05, 0) is 85.8 Å². The third-order valence-corrected chi connectivity index (χ3v) is 6.96. The molecule has 0 aromatic carbocycles. The first kappa shape index (κ1) is 15.0. The summed E-state index contributed by atoms with van der Waals surface area (Å²) in [5.74, 6) is 2.84. The number of carbonyl (C=O) groups is 1. The Hall–Kier alpha value is -0.590. The van der Waals surface area contributed by atoms with Gasteiger partial charge in [0.1, 0.15) is 0 Å². The first-order valence-electron chi connectivity index (χ1n) is 8.52. The molecule has 5 heteroatoms. The lowest BCUT2D eigenvalue weighted by Gasteiger charge is -2.56.